The largest absolute Gasteiger partial charge is 0.497 e. The Hall–Kier alpha value is -2.60. The van der Waals surface area contributed by atoms with Crippen LogP contribution in [0.4, 0.5) is 9.18 Å². The van der Waals surface area contributed by atoms with E-state index in [9.17, 15) is 14.3 Å². The molecule has 5 nitrogen and oxygen atoms in total. The summed E-state index contributed by atoms with van der Waals surface area (Å²) in [5.41, 5.74) is -0.158. The second-order valence-electron chi connectivity index (χ2n) is 7.97. The average molecular weight is 399 g/mol. The van der Waals surface area contributed by atoms with Crippen LogP contribution in [0.3, 0.4) is 0 Å². The predicted octanol–water partition coefficient (Wildman–Crippen LogP) is 4.38. The zero-order chi connectivity index (χ0) is 20.4. The molecule has 0 radical (unpaired) electrons. The van der Waals surface area contributed by atoms with E-state index < -0.39 is 11.4 Å². The average Bonchev–Trinajstić information content (AvgIpc) is 2.72. The molecule has 2 aromatic rings. The first-order valence-corrected chi connectivity index (χ1v) is 10.1. The number of hydrogen-bond acceptors (Lipinski definition) is 4. The van der Waals surface area contributed by atoms with Crippen molar-refractivity contribution in [1.29, 1.82) is 0 Å². The van der Waals surface area contributed by atoms with Crippen LogP contribution in [0.2, 0.25) is 0 Å². The predicted molar refractivity (Wildman–Crippen MR) is 106 cm³/mol. The van der Waals surface area contributed by atoms with E-state index in [0.29, 0.717) is 5.75 Å². The normalized spacial score (nSPS) is 26.1. The zero-order valence-corrected chi connectivity index (χ0v) is 16.5. The van der Waals surface area contributed by atoms with E-state index in [0.717, 1.165) is 24.8 Å². The molecular formula is C23H26FNO4. The van der Waals surface area contributed by atoms with Crippen LogP contribution in [0.5, 0.6) is 5.75 Å². The van der Waals surface area contributed by atoms with Crippen LogP contribution in [0.1, 0.15) is 43.2 Å². The Bertz CT molecular complexity index is 858. The molecule has 2 atom stereocenters. The molecule has 2 aliphatic heterocycles. The minimum absolute atomic E-state index is 0.179. The van der Waals surface area contributed by atoms with Crippen LogP contribution in [0.15, 0.2) is 48.5 Å². The third-order valence-electron chi connectivity index (χ3n) is 6.10. The van der Waals surface area contributed by atoms with E-state index in [1.165, 1.54) is 13.2 Å². The van der Waals surface area contributed by atoms with Gasteiger partial charge in [-0.05, 0) is 43.0 Å². The lowest BCUT2D eigenvalue weighted by molar-refractivity contribution is -0.0912. The van der Waals surface area contributed by atoms with Crippen LogP contribution in [-0.4, -0.2) is 35.3 Å². The van der Waals surface area contributed by atoms with Gasteiger partial charge < -0.3 is 19.5 Å². The Balaban J connectivity index is 1.52. The molecule has 0 aliphatic carbocycles. The summed E-state index contributed by atoms with van der Waals surface area (Å²) in [6.45, 7) is 0.213. The summed E-state index contributed by atoms with van der Waals surface area (Å²) in [6.07, 6.45) is 2.73. The van der Waals surface area contributed by atoms with Gasteiger partial charge in [-0.2, -0.15) is 0 Å². The summed E-state index contributed by atoms with van der Waals surface area (Å²) in [5.74, 6) is 0.0520. The van der Waals surface area contributed by atoms with Gasteiger partial charge in [-0.1, -0.05) is 30.3 Å². The topological polar surface area (TPSA) is 59.0 Å². The molecule has 1 N–H and O–H groups in total. The van der Waals surface area contributed by atoms with Gasteiger partial charge in [0.15, 0.2) is 0 Å². The molecule has 29 heavy (non-hydrogen) atoms. The van der Waals surface area contributed by atoms with E-state index >= 15 is 0 Å². The van der Waals surface area contributed by atoms with Gasteiger partial charge in [0.1, 0.15) is 18.2 Å². The quantitative estimate of drug-likeness (QED) is 0.829. The van der Waals surface area contributed by atoms with Gasteiger partial charge in [-0.3, -0.25) is 0 Å². The van der Waals surface area contributed by atoms with Crippen LogP contribution in [0.25, 0.3) is 0 Å². The van der Waals surface area contributed by atoms with Gasteiger partial charge in [0.05, 0.1) is 12.7 Å². The number of hydrogen-bond donors (Lipinski definition) is 1. The van der Waals surface area contributed by atoms with Crippen molar-refractivity contribution in [3.05, 3.63) is 65.5 Å². The van der Waals surface area contributed by atoms with Crippen molar-refractivity contribution < 1.29 is 23.8 Å². The van der Waals surface area contributed by atoms with Crippen LogP contribution >= 0.6 is 0 Å². The first-order chi connectivity index (χ1) is 14.0. The number of amides is 1. The fourth-order valence-corrected chi connectivity index (χ4v) is 4.73. The Morgan fingerprint density at radius 3 is 2.52 bits per heavy atom. The molecule has 1 amide bonds. The van der Waals surface area contributed by atoms with Crippen molar-refractivity contribution in [2.45, 2.75) is 56.4 Å². The maximum Gasteiger partial charge on any atom is 0.410 e. The molecule has 0 saturated carbocycles. The number of carbonyl (C=O) groups is 1. The highest BCUT2D eigenvalue weighted by Crippen LogP contribution is 2.45. The van der Waals surface area contributed by atoms with Gasteiger partial charge in [0, 0.05) is 30.5 Å². The second-order valence-corrected chi connectivity index (χ2v) is 7.97. The third kappa shape index (κ3) is 3.94. The molecule has 2 heterocycles. The maximum absolute atomic E-state index is 14.6. The number of aliphatic hydroxyl groups is 1. The highest BCUT2D eigenvalue weighted by Gasteiger charge is 2.49. The van der Waals surface area contributed by atoms with E-state index in [1.807, 2.05) is 30.3 Å². The lowest BCUT2D eigenvalue weighted by Crippen LogP contribution is -2.59. The molecule has 2 aromatic carbocycles. The zero-order valence-electron chi connectivity index (χ0n) is 16.5. The first kappa shape index (κ1) is 19.7. The SMILES string of the molecule is COc1ccc(F)c(C2(O)CC3CCCC(C2)N3C(=O)OCc2ccccc2)c1. The van der Waals surface area contributed by atoms with Crippen molar-refractivity contribution >= 4 is 6.09 Å². The van der Waals surface area contributed by atoms with Gasteiger partial charge >= 0.3 is 6.09 Å². The minimum atomic E-state index is -1.33. The number of benzene rings is 2. The minimum Gasteiger partial charge on any atom is -0.497 e. The Labute approximate surface area is 170 Å². The number of methoxy groups -OCH3 is 1. The summed E-state index contributed by atoms with van der Waals surface area (Å²) in [7, 11) is 1.52. The highest BCUT2D eigenvalue weighted by atomic mass is 19.1. The summed E-state index contributed by atoms with van der Waals surface area (Å²) in [4.78, 5) is 14.6. The smallest absolute Gasteiger partial charge is 0.410 e. The second kappa shape index (κ2) is 8.03. The van der Waals surface area contributed by atoms with E-state index in [-0.39, 0.29) is 43.2 Å². The molecule has 2 unspecified atom stereocenters. The Morgan fingerprint density at radius 2 is 1.86 bits per heavy atom. The van der Waals surface area contributed by atoms with Crippen molar-refractivity contribution in [3.63, 3.8) is 0 Å². The Morgan fingerprint density at radius 1 is 1.17 bits per heavy atom. The standard InChI is InChI=1S/C23H26FNO4/c1-28-19-10-11-21(24)20(12-19)23(27)13-17-8-5-9-18(14-23)25(17)22(26)29-15-16-6-3-2-4-7-16/h2-4,6-7,10-12,17-18,27H,5,8-9,13-15H2,1H3. The molecule has 6 heteroatoms. The summed E-state index contributed by atoms with van der Waals surface area (Å²) >= 11 is 0. The van der Waals surface area contributed by atoms with E-state index in [1.54, 1.807) is 17.0 Å². The number of halogens is 1. The van der Waals surface area contributed by atoms with Crippen molar-refractivity contribution in [2.75, 3.05) is 7.11 Å². The van der Waals surface area contributed by atoms with Crippen molar-refractivity contribution in [3.8, 4) is 5.75 Å². The summed E-state index contributed by atoms with van der Waals surface area (Å²) < 4.78 is 25.3. The van der Waals surface area contributed by atoms with Crippen LogP contribution < -0.4 is 4.74 Å². The highest BCUT2D eigenvalue weighted by molar-refractivity contribution is 5.69. The number of nitrogens with zero attached hydrogens (tertiary/aromatic N) is 1. The maximum atomic E-state index is 14.6. The number of carbonyl (C=O) groups excluding carboxylic acids is 1. The molecule has 0 aromatic heterocycles. The first-order valence-electron chi connectivity index (χ1n) is 10.1. The lowest BCUT2D eigenvalue weighted by atomic mass is 9.72. The molecule has 2 fully saturated rings. The summed E-state index contributed by atoms with van der Waals surface area (Å²) in [6, 6.07) is 13.6. The molecule has 2 aliphatic rings. The monoisotopic (exact) mass is 399 g/mol. The van der Waals surface area contributed by atoms with Gasteiger partial charge in [0.25, 0.3) is 0 Å². The Kier molecular flexibility index (Phi) is 5.46. The molecule has 4 rings (SSSR count). The summed E-state index contributed by atoms with van der Waals surface area (Å²) in [5, 5.41) is 11.4. The molecule has 2 saturated heterocycles. The molecular weight excluding hydrogens is 373 g/mol. The van der Waals surface area contributed by atoms with Crippen molar-refractivity contribution in [1.82, 2.24) is 4.90 Å². The fraction of sp³-hybridized carbons (Fsp3) is 0.435. The lowest BCUT2D eigenvalue weighted by Gasteiger charge is -2.51. The van der Waals surface area contributed by atoms with E-state index in [4.69, 9.17) is 9.47 Å². The molecule has 154 valence electrons. The fourth-order valence-electron chi connectivity index (χ4n) is 4.73. The van der Waals surface area contributed by atoms with Crippen LogP contribution in [0, 0.1) is 5.82 Å². The van der Waals surface area contributed by atoms with Gasteiger partial charge in [-0.25, -0.2) is 9.18 Å². The van der Waals surface area contributed by atoms with Crippen molar-refractivity contribution in [2.24, 2.45) is 0 Å². The molecule has 0 spiro atoms. The van der Waals surface area contributed by atoms with Crippen LogP contribution in [-0.2, 0) is 16.9 Å². The van der Waals surface area contributed by atoms with Gasteiger partial charge in [0.2, 0.25) is 0 Å². The number of rotatable bonds is 4. The third-order valence-corrected chi connectivity index (χ3v) is 6.10. The van der Waals surface area contributed by atoms with E-state index in [2.05, 4.69) is 0 Å². The van der Waals surface area contributed by atoms with Gasteiger partial charge in [-0.15, -0.1) is 0 Å². The number of fused-ring (bicyclic) bond motifs is 2. The molecule has 2 bridgehead atoms. The number of piperidine rings is 2. The number of ether oxygens (including phenoxy) is 2.